The number of aromatic hydroxyl groups is 1. The van der Waals surface area contributed by atoms with Gasteiger partial charge < -0.3 is 10.1 Å². The number of rotatable bonds is 2. The third-order valence-corrected chi connectivity index (χ3v) is 2.03. The van der Waals surface area contributed by atoms with Gasteiger partial charge in [0.05, 0.1) is 5.69 Å². The molecule has 0 radical (unpaired) electrons. The minimum Gasteiger partial charge on any atom is -0.493 e. The second kappa shape index (κ2) is 3.09. The van der Waals surface area contributed by atoms with Crippen LogP contribution in [-0.4, -0.2) is 14.7 Å². The molecule has 1 aromatic heterocycles. The second-order valence-corrected chi connectivity index (χ2v) is 2.93. The van der Waals surface area contributed by atoms with E-state index in [9.17, 15) is 5.11 Å². The Labute approximate surface area is 70.7 Å². The van der Waals surface area contributed by atoms with Crippen LogP contribution in [0.2, 0.25) is 0 Å². The lowest BCUT2D eigenvalue weighted by Crippen LogP contribution is -1.86. The van der Waals surface area contributed by atoms with Gasteiger partial charge in [-0.05, 0) is 18.6 Å². The average Bonchev–Trinajstić information content (AvgIpc) is 2.19. The van der Waals surface area contributed by atoms with Gasteiger partial charge in [0.2, 0.25) is 5.88 Å². The van der Waals surface area contributed by atoms with Crippen molar-refractivity contribution in [1.82, 2.24) is 9.55 Å². The number of H-pyrrole nitrogens is 1. The lowest BCUT2D eigenvalue weighted by Gasteiger charge is -1.94. The van der Waals surface area contributed by atoms with Crippen molar-refractivity contribution in [2.45, 2.75) is 19.8 Å². The molecule has 0 atom stereocenters. The largest absolute Gasteiger partial charge is 0.493 e. The molecule has 0 amide bonds. The first kappa shape index (κ1) is 8.33. The minimum absolute atomic E-state index is 0.261. The van der Waals surface area contributed by atoms with Crippen LogP contribution >= 0.6 is 12.2 Å². The lowest BCUT2D eigenvalue weighted by molar-refractivity contribution is 0.424. The fourth-order valence-corrected chi connectivity index (χ4v) is 1.20. The van der Waals surface area contributed by atoms with Crippen molar-refractivity contribution in [1.29, 1.82) is 0 Å². The molecule has 0 fully saturated rings. The smallest absolute Gasteiger partial charge is 0.213 e. The number of aromatic amines is 1. The summed E-state index contributed by atoms with van der Waals surface area (Å²) in [5.74, 6) is 0.261. The fourth-order valence-electron chi connectivity index (χ4n) is 0.992. The summed E-state index contributed by atoms with van der Waals surface area (Å²) in [6.45, 7) is 2.06. The maximum atomic E-state index is 9.41. The molecule has 0 aliphatic heterocycles. The van der Waals surface area contributed by atoms with Gasteiger partial charge in [-0.3, -0.25) is 4.57 Å². The summed E-state index contributed by atoms with van der Waals surface area (Å²) >= 11 is 4.92. The molecule has 1 heterocycles. The van der Waals surface area contributed by atoms with Gasteiger partial charge in [0.25, 0.3) is 0 Å². The molecule has 0 aromatic carbocycles. The Morgan fingerprint density at radius 3 is 2.64 bits per heavy atom. The molecule has 0 aliphatic rings. The number of aryl methyl sites for hydroxylation is 1. The number of hydrogen-bond donors (Lipinski definition) is 2. The van der Waals surface area contributed by atoms with Crippen molar-refractivity contribution in [2.24, 2.45) is 7.05 Å². The van der Waals surface area contributed by atoms with E-state index in [2.05, 4.69) is 11.9 Å². The Balaban J connectivity index is 3.08. The Kier molecular flexibility index (Phi) is 2.34. The molecule has 62 valence electrons. The third kappa shape index (κ3) is 1.45. The topological polar surface area (TPSA) is 41.0 Å². The maximum absolute atomic E-state index is 9.41. The summed E-state index contributed by atoms with van der Waals surface area (Å²) in [7, 11) is 1.74. The van der Waals surface area contributed by atoms with Crippen LogP contribution in [0.3, 0.4) is 0 Å². The molecule has 11 heavy (non-hydrogen) atoms. The van der Waals surface area contributed by atoms with Crippen LogP contribution in [0.25, 0.3) is 0 Å². The minimum atomic E-state index is 0.261. The Morgan fingerprint density at radius 2 is 2.27 bits per heavy atom. The number of nitrogens with zero attached hydrogens (tertiary/aromatic N) is 1. The van der Waals surface area contributed by atoms with Gasteiger partial charge in [0.15, 0.2) is 4.77 Å². The first-order valence-electron chi connectivity index (χ1n) is 3.63. The summed E-state index contributed by atoms with van der Waals surface area (Å²) in [6, 6.07) is 0. The molecule has 0 unspecified atom stereocenters. The Hall–Kier alpha value is -0.770. The molecule has 0 saturated heterocycles. The van der Waals surface area contributed by atoms with Gasteiger partial charge >= 0.3 is 0 Å². The first-order valence-corrected chi connectivity index (χ1v) is 4.04. The van der Waals surface area contributed by atoms with Crippen molar-refractivity contribution in [2.75, 3.05) is 0 Å². The van der Waals surface area contributed by atoms with E-state index in [1.54, 1.807) is 11.6 Å². The summed E-state index contributed by atoms with van der Waals surface area (Å²) in [6.07, 6.45) is 1.85. The molecule has 0 saturated carbocycles. The first-order chi connectivity index (χ1) is 5.16. The van der Waals surface area contributed by atoms with Gasteiger partial charge in [-0.25, -0.2) is 0 Å². The van der Waals surface area contributed by atoms with Gasteiger partial charge in [-0.1, -0.05) is 13.3 Å². The van der Waals surface area contributed by atoms with Crippen molar-refractivity contribution in [3.8, 4) is 5.88 Å². The monoisotopic (exact) mass is 172 g/mol. The van der Waals surface area contributed by atoms with E-state index < -0.39 is 0 Å². The second-order valence-electron chi connectivity index (χ2n) is 2.54. The molecule has 2 N–H and O–H groups in total. The number of imidazole rings is 1. The predicted octanol–water partition coefficient (Wildman–Crippen LogP) is 1.74. The molecule has 1 aromatic rings. The van der Waals surface area contributed by atoms with Gasteiger partial charge in [-0.15, -0.1) is 0 Å². The average molecular weight is 172 g/mol. The quantitative estimate of drug-likeness (QED) is 0.667. The van der Waals surface area contributed by atoms with Crippen LogP contribution in [-0.2, 0) is 13.5 Å². The lowest BCUT2D eigenvalue weighted by atomic mass is 10.3. The molecule has 4 heteroatoms. The van der Waals surface area contributed by atoms with Crippen LogP contribution in [0.1, 0.15) is 19.0 Å². The fraction of sp³-hybridized carbons (Fsp3) is 0.571. The number of aromatic nitrogens is 2. The van der Waals surface area contributed by atoms with E-state index in [0.29, 0.717) is 4.77 Å². The third-order valence-electron chi connectivity index (χ3n) is 1.65. The van der Waals surface area contributed by atoms with Crippen molar-refractivity contribution >= 4 is 12.2 Å². The molecule has 0 bridgehead atoms. The zero-order valence-corrected chi connectivity index (χ0v) is 7.53. The van der Waals surface area contributed by atoms with Crippen molar-refractivity contribution < 1.29 is 5.11 Å². The van der Waals surface area contributed by atoms with E-state index in [4.69, 9.17) is 12.2 Å². The number of hydrogen-bond acceptors (Lipinski definition) is 2. The molecular weight excluding hydrogens is 160 g/mol. The van der Waals surface area contributed by atoms with E-state index in [0.717, 1.165) is 18.5 Å². The summed E-state index contributed by atoms with van der Waals surface area (Å²) in [4.78, 5) is 2.94. The zero-order valence-electron chi connectivity index (χ0n) is 6.72. The Morgan fingerprint density at radius 1 is 1.64 bits per heavy atom. The normalized spacial score (nSPS) is 10.4. The number of nitrogens with one attached hydrogen (secondary N) is 1. The van der Waals surface area contributed by atoms with Crippen LogP contribution in [0.4, 0.5) is 0 Å². The molecular formula is C7H12N2OS. The van der Waals surface area contributed by atoms with Gasteiger partial charge in [0.1, 0.15) is 0 Å². The van der Waals surface area contributed by atoms with Gasteiger partial charge in [0, 0.05) is 7.05 Å². The van der Waals surface area contributed by atoms with E-state index in [1.807, 2.05) is 0 Å². The zero-order chi connectivity index (χ0) is 8.43. The van der Waals surface area contributed by atoms with E-state index in [1.165, 1.54) is 0 Å². The van der Waals surface area contributed by atoms with Crippen LogP contribution in [0, 0.1) is 4.77 Å². The standard InChI is InChI=1S/C7H12N2OS/c1-3-4-5-6(10)9(2)7(11)8-5/h10H,3-4H2,1-2H3,(H,8,11). The van der Waals surface area contributed by atoms with Crippen molar-refractivity contribution in [3.63, 3.8) is 0 Å². The van der Waals surface area contributed by atoms with Crippen molar-refractivity contribution in [3.05, 3.63) is 10.5 Å². The van der Waals surface area contributed by atoms with E-state index >= 15 is 0 Å². The molecule has 0 spiro atoms. The predicted molar refractivity (Wildman–Crippen MR) is 46.3 cm³/mol. The highest BCUT2D eigenvalue weighted by molar-refractivity contribution is 7.71. The highest BCUT2D eigenvalue weighted by atomic mass is 32.1. The Bertz CT molecular complexity index is 300. The molecule has 3 nitrogen and oxygen atoms in total. The molecule has 1 rings (SSSR count). The molecule has 0 aliphatic carbocycles. The maximum Gasteiger partial charge on any atom is 0.213 e. The van der Waals surface area contributed by atoms with Crippen LogP contribution in [0.5, 0.6) is 5.88 Å². The van der Waals surface area contributed by atoms with Gasteiger partial charge in [-0.2, -0.15) is 0 Å². The van der Waals surface area contributed by atoms with E-state index in [-0.39, 0.29) is 5.88 Å². The highest BCUT2D eigenvalue weighted by Crippen LogP contribution is 2.16. The van der Waals surface area contributed by atoms with Crippen LogP contribution in [0.15, 0.2) is 0 Å². The highest BCUT2D eigenvalue weighted by Gasteiger charge is 2.05. The van der Waals surface area contributed by atoms with Crippen LogP contribution < -0.4 is 0 Å². The summed E-state index contributed by atoms with van der Waals surface area (Å²) in [5.41, 5.74) is 0.833. The summed E-state index contributed by atoms with van der Waals surface area (Å²) < 4.78 is 2.14. The summed E-state index contributed by atoms with van der Waals surface area (Å²) in [5, 5.41) is 9.41. The SMILES string of the molecule is CCCc1[nH]c(=S)n(C)c1O.